The fraction of sp³-hybridized carbons (Fsp3) is 1.00. The van der Waals surface area contributed by atoms with Crippen LogP contribution in [0, 0.1) is 0 Å². The van der Waals surface area contributed by atoms with Crippen molar-refractivity contribution in [1.29, 1.82) is 0 Å². The molecule has 0 aliphatic carbocycles. The van der Waals surface area contributed by atoms with Crippen LogP contribution in [0.2, 0.25) is 0 Å². The zero-order valence-corrected chi connectivity index (χ0v) is 11.0. The Hall–Kier alpha value is 0.590. The fourth-order valence-corrected chi connectivity index (χ4v) is 1.76. The Bertz CT molecular complexity index is 167. The standard InChI is InChI=1S/C7H16NO2P3/c1-8(2)6-4-3-5-7(11,12-9)13-10/h3-6,11H2,1-2H3. The van der Waals surface area contributed by atoms with Crippen LogP contribution < -0.4 is 0 Å². The van der Waals surface area contributed by atoms with Crippen molar-refractivity contribution in [2.75, 3.05) is 20.6 Å². The summed E-state index contributed by atoms with van der Waals surface area (Å²) >= 11 is 0. The van der Waals surface area contributed by atoms with Gasteiger partial charge in [0.15, 0.2) is 16.9 Å². The minimum Gasteiger partial charge on any atom is -0.309 e. The van der Waals surface area contributed by atoms with E-state index in [0.29, 0.717) is 6.42 Å². The van der Waals surface area contributed by atoms with Crippen LogP contribution in [0.4, 0.5) is 0 Å². The number of unbranched alkanes of at least 4 members (excludes halogenated alkanes) is 1. The second-order valence-electron chi connectivity index (χ2n) is 3.32. The summed E-state index contributed by atoms with van der Waals surface area (Å²) in [6.45, 7) is 1.02. The normalized spacial score (nSPS) is 16.6. The van der Waals surface area contributed by atoms with Crippen molar-refractivity contribution in [3.63, 3.8) is 0 Å². The van der Waals surface area contributed by atoms with Crippen molar-refractivity contribution in [2.24, 2.45) is 0 Å². The minimum absolute atomic E-state index is 0.0562. The van der Waals surface area contributed by atoms with Crippen LogP contribution in [0.15, 0.2) is 0 Å². The first-order valence-electron chi connectivity index (χ1n) is 4.17. The summed E-state index contributed by atoms with van der Waals surface area (Å²) in [4.78, 5) is 2.11. The molecule has 6 heteroatoms. The van der Waals surface area contributed by atoms with Gasteiger partial charge >= 0.3 is 0 Å². The molecule has 0 spiro atoms. The Balaban J connectivity index is 3.62. The zero-order valence-electron chi connectivity index (χ0n) is 8.06. The van der Waals surface area contributed by atoms with Crippen molar-refractivity contribution in [1.82, 2.24) is 4.90 Å². The maximum Gasteiger partial charge on any atom is 0.178 e. The number of rotatable bonds is 7. The molecule has 0 bridgehead atoms. The number of nitrogens with zero attached hydrogens (tertiary/aromatic N) is 1. The highest BCUT2D eigenvalue weighted by Gasteiger charge is 2.25. The molecule has 0 aliphatic rings. The highest BCUT2D eigenvalue weighted by atomic mass is 31.2. The average molecular weight is 239 g/mol. The fourth-order valence-electron chi connectivity index (χ4n) is 0.921. The Labute approximate surface area is 85.3 Å². The van der Waals surface area contributed by atoms with E-state index < -0.39 is 4.64 Å². The van der Waals surface area contributed by atoms with Gasteiger partial charge in [0, 0.05) is 0 Å². The minimum atomic E-state index is -0.647. The van der Waals surface area contributed by atoms with Gasteiger partial charge in [0.25, 0.3) is 0 Å². The molecular formula is C7H16NO2P3. The summed E-state index contributed by atoms with van der Waals surface area (Å²) in [5.41, 5.74) is 0. The first-order chi connectivity index (χ1) is 6.04. The van der Waals surface area contributed by atoms with Gasteiger partial charge in [0.2, 0.25) is 0 Å². The van der Waals surface area contributed by atoms with E-state index in [2.05, 4.69) is 14.1 Å². The molecule has 0 radical (unpaired) electrons. The summed E-state index contributed by atoms with van der Waals surface area (Å²) in [5.74, 6) is 0. The second kappa shape index (κ2) is 6.96. The lowest BCUT2D eigenvalue weighted by molar-refractivity contribution is 0.392. The molecule has 13 heavy (non-hydrogen) atoms. The maximum atomic E-state index is 10.6. The molecule has 76 valence electrons. The van der Waals surface area contributed by atoms with E-state index in [1.807, 2.05) is 14.1 Å². The van der Waals surface area contributed by atoms with Crippen molar-refractivity contribution >= 4 is 26.2 Å². The second-order valence-corrected chi connectivity index (χ2v) is 7.59. The van der Waals surface area contributed by atoms with Crippen LogP contribution in [-0.2, 0) is 9.13 Å². The summed E-state index contributed by atoms with van der Waals surface area (Å²) in [5, 5.41) is 0. The van der Waals surface area contributed by atoms with Crippen LogP contribution in [-0.4, -0.2) is 30.2 Å². The van der Waals surface area contributed by atoms with E-state index >= 15 is 0 Å². The monoisotopic (exact) mass is 239 g/mol. The average Bonchev–Trinajstić information content (AvgIpc) is 2.12. The van der Waals surface area contributed by atoms with Gasteiger partial charge in [-0.1, -0.05) is 0 Å². The van der Waals surface area contributed by atoms with Crippen LogP contribution in [0.5, 0.6) is 0 Å². The Morgan fingerprint density at radius 3 is 2.15 bits per heavy atom. The van der Waals surface area contributed by atoms with Crippen LogP contribution in [0.25, 0.3) is 0 Å². The van der Waals surface area contributed by atoms with E-state index in [1.54, 1.807) is 0 Å². The molecule has 0 amide bonds. The van der Waals surface area contributed by atoms with Crippen LogP contribution >= 0.6 is 26.2 Å². The molecule has 0 aliphatic heterocycles. The lowest BCUT2D eigenvalue weighted by atomic mass is 10.2. The molecule has 0 aromatic heterocycles. The predicted molar refractivity (Wildman–Crippen MR) is 60.1 cm³/mol. The van der Waals surface area contributed by atoms with Gasteiger partial charge in [0.1, 0.15) is 4.64 Å². The van der Waals surface area contributed by atoms with Gasteiger partial charge in [-0.2, -0.15) is 0 Å². The molecule has 1 atom stereocenters. The van der Waals surface area contributed by atoms with Crippen LogP contribution in [0.1, 0.15) is 19.3 Å². The summed E-state index contributed by atoms with van der Waals surface area (Å²) in [6, 6.07) is 0. The predicted octanol–water partition coefficient (Wildman–Crippen LogP) is 2.83. The van der Waals surface area contributed by atoms with Gasteiger partial charge in [-0.3, -0.25) is 9.13 Å². The zero-order chi connectivity index (χ0) is 10.3. The third kappa shape index (κ3) is 6.63. The molecule has 0 aromatic carbocycles. The van der Waals surface area contributed by atoms with Gasteiger partial charge in [-0.15, -0.1) is 9.24 Å². The largest absolute Gasteiger partial charge is 0.309 e. The smallest absolute Gasteiger partial charge is 0.178 e. The first-order valence-corrected chi connectivity index (χ1v) is 6.37. The van der Waals surface area contributed by atoms with Crippen molar-refractivity contribution in [3.8, 4) is 0 Å². The Kier molecular flexibility index (Phi) is 7.27. The van der Waals surface area contributed by atoms with E-state index in [0.717, 1.165) is 19.4 Å². The number of hydrogen-bond donors (Lipinski definition) is 0. The molecule has 0 saturated heterocycles. The molecule has 0 rings (SSSR count). The van der Waals surface area contributed by atoms with Crippen molar-refractivity contribution < 1.29 is 9.13 Å². The molecule has 0 aromatic rings. The lowest BCUT2D eigenvalue weighted by Gasteiger charge is -2.13. The molecule has 0 fully saturated rings. The third-order valence-electron chi connectivity index (χ3n) is 1.72. The van der Waals surface area contributed by atoms with Gasteiger partial charge in [-0.25, -0.2) is 0 Å². The van der Waals surface area contributed by atoms with Crippen LogP contribution in [0.3, 0.4) is 0 Å². The molecule has 0 saturated carbocycles. The number of hydrogen-bond acceptors (Lipinski definition) is 3. The molecule has 3 nitrogen and oxygen atoms in total. The summed E-state index contributed by atoms with van der Waals surface area (Å²) in [7, 11) is 6.33. The maximum absolute atomic E-state index is 10.6. The Morgan fingerprint density at radius 2 is 1.77 bits per heavy atom. The van der Waals surface area contributed by atoms with E-state index in [9.17, 15) is 9.13 Å². The van der Waals surface area contributed by atoms with E-state index in [-0.39, 0.29) is 16.9 Å². The van der Waals surface area contributed by atoms with Gasteiger partial charge in [0.05, 0.1) is 0 Å². The quantitative estimate of drug-likeness (QED) is 0.506. The molecule has 0 heterocycles. The molecular weight excluding hydrogens is 223 g/mol. The van der Waals surface area contributed by atoms with Crippen molar-refractivity contribution in [3.05, 3.63) is 0 Å². The third-order valence-corrected chi connectivity index (χ3v) is 4.21. The highest BCUT2D eigenvalue weighted by molar-refractivity contribution is 7.61. The van der Waals surface area contributed by atoms with Gasteiger partial charge < -0.3 is 4.90 Å². The van der Waals surface area contributed by atoms with Gasteiger partial charge in [-0.05, 0) is 39.9 Å². The molecule has 1 unspecified atom stereocenters. The SMILES string of the molecule is CN(C)CCCCC(P)(P=O)P=O. The summed E-state index contributed by atoms with van der Waals surface area (Å²) < 4.78 is 20.6. The lowest BCUT2D eigenvalue weighted by Crippen LogP contribution is -2.13. The molecule has 0 N–H and O–H groups in total. The van der Waals surface area contributed by atoms with Crippen molar-refractivity contribution in [2.45, 2.75) is 23.9 Å². The Morgan fingerprint density at radius 1 is 1.23 bits per heavy atom. The van der Waals surface area contributed by atoms with E-state index in [1.165, 1.54) is 0 Å². The van der Waals surface area contributed by atoms with E-state index in [4.69, 9.17) is 0 Å². The highest BCUT2D eigenvalue weighted by Crippen LogP contribution is 2.45. The topological polar surface area (TPSA) is 37.4 Å². The summed E-state index contributed by atoms with van der Waals surface area (Å²) in [6.07, 6.45) is 2.71. The first kappa shape index (κ1) is 13.6.